The molecule has 2 N–H and O–H groups in total. The molecule has 1 heterocycles. The Hall–Kier alpha value is -2.01. The van der Waals surface area contributed by atoms with Gasteiger partial charge in [-0.2, -0.15) is 0 Å². The molecule has 17 heavy (non-hydrogen) atoms. The number of rotatable bonds is 2. The Morgan fingerprint density at radius 1 is 1.47 bits per heavy atom. The van der Waals surface area contributed by atoms with Crippen LogP contribution in [-0.2, 0) is 9.53 Å². The molecule has 1 aromatic rings. The van der Waals surface area contributed by atoms with Gasteiger partial charge >= 0.3 is 5.97 Å². The minimum absolute atomic E-state index is 0.354. The smallest absolute Gasteiger partial charge is 0.330 e. The molecule has 0 bridgehead atoms. The van der Waals surface area contributed by atoms with E-state index in [1.54, 1.807) is 6.08 Å². The van der Waals surface area contributed by atoms with Gasteiger partial charge in [0.15, 0.2) is 0 Å². The van der Waals surface area contributed by atoms with Gasteiger partial charge in [-0.15, -0.1) is 5.53 Å². The van der Waals surface area contributed by atoms with Gasteiger partial charge < -0.3 is 10.2 Å². The first kappa shape index (κ1) is 11.5. The van der Waals surface area contributed by atoms with Gasteiger partial charge in [0, 0.05) is 13.1 Å². The van der Waals surface area contributed by atoms with Crippen LogP contribution < -0.4 is 16.0 Å². The van der Waals surface area contributed by atoms with E-state index in [4.69, 9.17) is 0 Å². The average Bonchev–Trinajstić information content (AvgIpc) is 2.71. The summed E-state index contributed by atoms with van der Waals surface area (Å²) < 4.78 is 4.56. The van der Waals surface area contributed by atoms with Crippen molar-refractivity contribution in [3.8, 4) is 0 Å². The Bertz CT molecular complexity index is 483. The van der Waals surface area contributed by atoms with Crippen LogP contribution in [0.5, 0.6) is 0 Å². The summed E-state index contributed by atoms with van der Waals surface area (Å²) in [7, 11) is 3.30. The van der Waals surface area contributed by atoms with Gasteiger partial charge in [-0.3, -0.25) is 5.01 Å². The van der Waals surface area contributed by atoms with E-state index in [9.17, 15) is 4.79 Å². The van der Waals surface area contributed by atoms with Gasteiger partial charge in [-0.1, -0.05) is 6.07 Å². The van der Waals surface area contributed by atoms with E-state index >= 15 is 0 Å². The molecule has 0 saturated heterocycles. The Morgan fingerprint density at radius 3 is 2.94 bits per heavy atom. The van der Waals surface area contributed by atoms with Crippen LogP contribution in [0.15, 0.2) is 18.2 Å². The Morgan fingerprint density at radius 2 is 2.24 bits per heavy atom. The maximum Gasteiger partial charge on any atom is 0.330 e. The number of hydrazine groups is 2. The molecule has 0 aromatic heterocycles. The maximum atomic E-state index is 11.0. The first-order valence-electron chi connectivity index (χ1n) is 5.28. The van der Waals surface area contributed by atoms with Crippen molar-refractivity contribution in [2.45, 2.75) is 6.92 Å². The molecule has 1 aromatic carbocycles. The van der Waals surface area contributed by atoms with Crippen LogP contribution in [0, 0.1) is 6.92 Å². The number of hydrogen-bond donors (Lipinski definition) is 2. The van der Waals surface area contributed by atoms with Gasteiger partial charge in [0.05, 0.1) is 18.5 Å². The largest absolute Gasteiger partial charge is 0.466 e. The molecule has 0 amide bonds. The molecule has 0 unspecified atom stereocenters. The summed E-state index contributed by atoms with van der Waals surface area (Å²) in [6.07, 6.45) is 3.17. The van der Waals surface area contributed by atoms with Crippen molar-refractivity contribution in [1.82, 2.24) is 5.53 Å². The lowest BCUT2D eigenvalue weighted by Crippen LogP contribution is -2.31. The first-order chi connectivity index (χ1) is 8.13. The highest BCUT2D eigenvalue weighted by atomic mass is 16.5. The Balaban J connectivity index is 2.32. The lowest BCUT2D eigenvalue weighted by Gasteiger charge is -2.10. The molecule has 0 atom stereocenters. The number of benzene rings is 1. The van der Waals surface area contributed by atoms with Crippen molar-refractivity contribution in [2.24, 2.45) is 0 Å². The van der Waals surface area contributed by atoms with E-state index < -0.39 is 0 Å². The molecule has 1 aliphatic heterocycles. The minimum atomic E-state index is -0.354. The molecule has 5 nitrogen and oxygen atoms in total. The number of fused-ring (bicyclic) bond motifs is 1. The quantitative estimate of drug-likeness (QED) is 0.598. The molecule has 90 valence electrons. The predicted molar refractivity (Wildman–Crippen MR) is 67.4 cm³/mol. The number of hydrogen-bond acceptors (Lipinski definition) is 5. The van der Waals surface area contributed by atoms with Crippen LogP contribution in [0.2, 0.25) is 0 Å². The summed E-state index contributed by atoms with van der Waals surface area (Å²) in [4.78, 5) is 11.0. The first-order valence-corrected chi connectivity index (χ1v) is 5.28. The SMILES string of the molecule is COC(=O)/C=C/c1ccc2c(c1C)NNN2C. The standard InChI is InChI=1S/C12H15N3O2/c1-8-9(5-7-11(16)17-3)4-6-10-12(8)13-14-15(10)2/h4-7,13-14H,1-3H3/b7-5+. The van der Waals surface area contributed by atoms with E-state index in [0.29, 0.717) is 0 Å². The summed E-state index contributed by atoms with van der Waals surface area (Å²) >= 11 is 0. The molecule has 2 rings (SSSR count). The van der Waals surface area contributed by atoms with Crippen LogP contribution >= 0.6 is 0 Å². The molecular weight excluding hydrogens is 218 g/mol. The van der Waals surface area contributed by atoms with Gasteiger partial charge in [-0.05, 0) is 30.2 Å². The van der Waals surface area contributed by atoms with E-state index in [-0.39, 0.29) is 5.97 Å². The molecule has 0 aliphatic carbocycles. The molecular formula is C12H15N3O2. The van der Waals surface area contributed by atoms with Gasteiger partial charge in [0.25, 0.3) is 0 Å². The van der Waals surface area contributed by atoms with Crippen LogP contribution in [0.1, 0.15) is 11.1 Å². The average molecular weight is 233 g/mol. The van der Waals surface area contributed by atoms with Crippen LogP contribution in [0.25, 0.3) is 6.08 Å². The number of carbonyl (C=O) groups is 1. The number of carbonyl (C=O) groups excluding carboxylic acids is 1. The second kappa shape index (κ2) is 4.47. The van der Waals surface area contributed by atoms with Crippen molar-refractivity contribution >= 4 is 23.4 Å². The summed E-state index contributed by atoms with van der Waals surface area (Å²) in [6, 6.07) is 3.96. The third-order valence-electron chi connectivity index (χ3n) is 2.80. The van der Waals surface area contributed by atoms with Gasteiger partial charge in [0.1, 0.15) is 0 Å². The van der Waals surface area contributed by atoms with Crippen LogP contribution in [-0.4, -0.2) is 20.1 Å². The van der Waals surface area contributed by atoms with E-state index in [1.165, 1.54) is 13.2 Å². The fourth-order valence-electron chi connectivity index (χ4n) is 1.76. The van der Waals surface area contributed by atoms with Gasteiger partial charge in [0.2, 0.25) is 0 Å². The van der Waals surface area contributed by atoms with Crippen molar-refractivity contribution in [2.75, 3.05) is 24.6 Å². The second-order valence-electron chi connectivity index (χ2n) is 3.83. The monoisotopic (exact) mass is 233 g/mol. The number of esters is 1. The lowest BCUT2D eigenvalue weighted by molar-refractivity contribution is -0.134. The minimum Gasteiger partial charge on any atom is -0.466 e. The highest BCUT2D eigenvalue weighted by molar-refractivity contribution is 5.88. The Labute approximate surface area is 100 Å². The van der Waals surface area contributed by atoms with E-state index in [1.807, 2.05) is 31.1 Å². The van der Waals surface area contributed by atoms with Crippen LogP contribution in [0.4, 0.5) is 11.4 Å². The number of ether oxygens (including phenoxy) is 1. The zero-order valence-electron chi connectivity index (χ0n) is 10.1. The molecule has 0 radical (unpaired) electrons. The summed E-state index contributed by atoms with van der Waals surface area (Å²) in [5.74, 6) is -0.354. The molecule has 0 saturated carbocycles. The predicted octanol–water partition coefficient (Wildman–Crippen LogP) is 1.46. The lowest BCUT2D eigenvalue weighted by atomic mass is 10.0. The summed E-state index contributed by atoms with van der Waals surface area (Å²) in [5.41, 5.74) is 10.3. The third kappa shape index (κ3) is 2.09. The topological polar surface area (TPSA) is 53.6 Å². The second-order valence-corrected chi connectivity index (χ2v) is 3.83. The Kier molecular flexibility index (Phi) is 3.01. The molecule has 1 aliphatic rings. The van der Waals surface area contributed by atoms with Crippen molar-refractivity contribution in [1.29, 1.82) is 0 Å². The number of anilines is 2. The molecule has 0 fully saturated rings. The van der Waals surface area contributed by atoms with Crippen molar-refractivity contribution in [3.63, 3.8) is 0 Å². The fraction of sp³-hybridized carbons (Fsp3) is 0.250. The van der Waals surface area contributed by atoms with E-state index in [2.05, 4.69) is 15.7 Å². The summed E-state index contributed by atoms with van der Waals surface area (Å²) in [5, 5.41) is 1.90. The number of nitrogens with one attached hydrogen (secondary N) is 2. The van der Waals surface area contributed by atoms with Crippen molar-refractivity contribution < 1.29 is 9.53 Å². The van der Waals surface area contributed by atoms with Gasteiger partial charge in [-0.25, -0.2) is 4.79 Å². The molecule has 0 spiro atoms. The van der Waals surface area contributed by atoms with E-state index in [0.717, 1.165) is 22.5 Å². The zero-order chi connectivity index (χ0) is 12.4. The van der Waals surface area contributed by atoms with Crippen LogP contribution in [0.3, 0.4) is 0 Å². The number of methoxy groups -OCH3 is 1. The number of nitrogens with zero attached hydrogens (tertiary/aromatic N) is 1. The van der Waals surface area contributed by atoms with Crippen molar-refractivity contribution in [3.05, 3.63) is 29.3 Å². The summed E-state index contributed by atoms with van der Waals surface area (Å²) in [6.45, 7) is 2.00. The normalized spacial score (nSPS) is 13.7. The highest BCUT2D eigenvalue weighted by Crippen LogP contribution is 2.33. The fourth-order valence-corrected chi connectivity index (χ4v) is 1.76. The third-order valence-corrected chi connectivity index (χ3v) is 2.80. The maximum absolute atomic E-state index is 11.0. The molecule has 5 heteroatoms. The highest BCUT2D eigenvalue weighted by Gasteiger charge is 2.17. The zero-order valence-corrected chi connectivity index (χ0v) is 10.1.